The lowest BCUT2D eigenvalue weighted by atomic mass is 9.46. The highest BCUT2D eigenvalue weighted by Gasteiger charge is 2.55. The van der Waals surface area contributed by atoms with E-state index in [1.165, 1.54) is 43.0 Å². The van der Waals surface area contributed by atoms with Crippen molar-refractivity contribution in [1.29, 1.82) is 0 Å². The number of nitrogens with two attached hydrogens (primary N) is 1. The van der Waals surface area contributed by atoms with E-state index in [0.29, 0.717) is 11.5 Å². The predicted octanol–water partition coefficient (Wildman–Crippen LogP) is 3.57. The monoisotopic (exact) mass is 266 g/mol. The van der Waals surface area contributed by atoms with Gasteiger partial charge >= 0.3 is 0 Å². The van der Waals surface area contributed by atoms with Crippen LogP contribution in [-0.2, 0) is 5.41 Å². The fraction of sp³-hybridized carbons (Fsp3) is 0.556. The molecule has 4 saturated carbocycles. The first-order valence-corrected chi connectivity index (χ1v) is 8.07. The third kappa shape index (κ3) is 1.33. The highest BCUT2D eigenvalue weighted by Crippen LogP contribution is 2.61. The molecule has 1 heterocycles. The van der Waals surface area contributed by atoms with Crippen LogP contribution in [0.4, 0.5) is 0 Å². The summed E-state index contributed by atoms with van der Waals surface area (Å²) in [5, 5.41) is 1.45. The third-order valence-corrected chi connectivity index (χ3v) is 6.51. The number of fused-ring (bicyclic) bond motifs is 1. The van der Waals surface area contributed by atoms with Crippen LogP contribution in [0.3, 0.4) is 0 Å². The Balaban J connectivity index is 1.67. The molecule has 2 heteroatoms. The summed E-state index contributed by atoms with van der Waals surface area (Å²) in [6, 6.07) is 9.26. The first-order chi connectivity index (χ1) is 9.75. The molecular weight excluding hydrogens is 244 g/mol. The Morgan fingerprint density at radius 2 is 1.80 bits per heavy atom. The van der Waals surface area contributed by atoms with Gasteiger partial charge in [0.15, 0.2) is 0 Å². The summed E-state index contributed by atoms with van der Waals surface area (Å²) < 4.78 is 0. The number of hydrogen-bond acceptors (Lipinski definition) is 1. The average molecular weight is 266 g/mol. The van der Waals surface area contributed by atoms with Crippen molar-refractivity contribution in [3.05, 3.63) is 36.0 Å². The fourth-order valence-corrected chi connectivity index (χ4v) is 5.90. The molecule has 2 aromatic rings. The quantitative estimate of drug-likeness (QED) is 0.814. The molecule has 20 heavy (non-hydrogen) atoms. The van der Waals surface area contributed by atoms with Gasteiger partial charge < -0.3 is 10.7 Å². The van der Waals surface area contributed by atoms with Crippen molar-refractivity contribution in [3.63, 3.8) is 0 Å². The van der Waals surface area contributed by atoms with Crippen LogP contribution in [-0.4, -0.2) is 11.0 Å². The molecule has 2 unspecified atom stereocenters. The molecule has 4 aliphatic rings. The van der Waals surface area contributed by atoms with E-state index in [4.69, 9.17) is 5.73 Å². The molecule has 0 saturated heterocycles. The van der Waals surface area contributed by atoms with E-state index < -0.39 is 0 Å². The normalized spacial score (nSPS) is 42.5. The molecule has 0 aliphatic heterocycles. The summed E-state index contributed by atoms with van der Waals surface area (Å²) >= 11 is 0. The van der Waals surface area contributed by atoms with Crippen LogP contribution in [0.25, 0.3) is 10.9 Å². The topological polar surface area (TPSA) is 41.8 Å². The Hall–Kier alpha value is -1.28. The van der Waals surface area contributed by atoms with Crippen LogP contribution in [0.5, 0.6) is 0 Å². The van der Waals surface area contributed by atoms with Crippen LogP contribution in [0.2, 0.25) is 0 Å². The first kappa shape index (κ1) is 11.4. The van der Waals surface area contributed by atoms with Gasteiger partial charge in [-0.3, -0.25) is 0 Å². The standard InChI is InChI=1S/C18H22N2/c19-17-12-5-11-6-13(17)9-18(7-11,8-12)15-10-20-16-4-2-1-3-14(15)16/h1-4,10-13,17,20H,5-9,19H2. The molecule has 104 valence electrons. The maximum atomic E-state index is 6.48. The zero-order valence-electron chi connectivity index (χ0n) is 11.8. The van der Waals surface area contributed by atoms with E-state index >= 15 is 0 Å². The second-order valence-corrected chi connectivity index (χ2v) is 7.58. The van der Waals surface area contributed by atoms with Gasteiger partial charge in [-0.15, -0.1) is 0 Å². The van der Waals surface area contributed by atoms with Gasteiger partial charge in [-0.2, -0.15) is 0 Å². The number of nitrogens with one attached hydrogen (secondary N) is 1. The van der Waals surface area contributed by atoms with E-state index in [0.717, 1.165) is 17.8 Å². The Kier molecular flexibility index (Phi) is 2.09. The lowest BCUT2D eigenvalue weighted by molar-refractivity contribution is -0.0220. The highest BCUT2D eigenvalue weighted by atomic mass is 14.8. The summed E-state index contributed by atoms with van der Waals surface area (Å²) in [6.45, 7) is 0. The van der Waals surface area contributed by atoms with Crippen molar-refractivity contribution in [1.82, 2.24) is 4.98 Å². The van der Waals surface area contributed by atoms with E-state index in [2.05, 4.69) is 35.4 Å². The summed E-state index contributed by atoms with van der Waals surface area (Å²) in [6.07, 6.45) is 9.12. The number of hydrogen-bond donors (Lipinski definition) is 2. The number of benzene rings is 1. The van der Waals surface area contributed by atoms with Crippen LogP contribution in [0.1, 0.15) is 37.7 Å². The van der Waals surface area contributed by atoms with Gasteiger partial charge in [0, 0.05) is 23.1 Å². The summed E-state index contributed by atoms with van der Waals surface area (Å²) in [5.41, 5.74) is 9.78. The third-order valence-electron chi connectivity index (χ3n) is 6.51. The molecule has 3 N–H and O–H groups in total. The van der Waals surface area contributed by atoms with Crippen LogP contribution in [0, 0.1) is 17.8 Å². The summed E-state index contributed by atoms with van der Waals surface area (Å²) in [5.74, 6) is 2.48. The summed E-state index contributed by atoms with van der Waals surface area (Å²) in [7, 11) is 0. The molecule has 0 amide bonds. The van der Waals surface area contributed by atoms with E-state index in [1.54, 1.807) is 5.56 Å². The lowest BCUT2D eigenvalue weighted by Gasteiger charge is -2.59. The number of aromatic amines is 1. The van der Waals surface area contributed by atoms with Gasteiger partial charge in [0.05, 0.1) is 0 Å². The van der Waals surface area contributed by atoms with Crippen molar-refractivity contribution in [3.8, 4) is 0 Å². The van der Waals surface area contributed by atoms with E-state index in [-0.39, 0.29) is 0 Å². The Morgan fingerprint density at radius 3 is 2.60 bits per heavy atom. The first-order valence-electron chi connectivity index (χ1n) is 8.07. The maximum absolute atomic E-state index is 6.48. The molecule has 4 fully saturated rings. The predicted molar refractivity (Wildman–Crippen MR) is 81.5 cm³/mol. The van der Waals surface area contributed by atoms with Crippen LogP contribution >= 0.6 is 0 Å². The van der Waals surface area contributed by atoms with Gasteiger partial charge in [-0.1, -0.05) is 18.2 Å². The minimum Gasteiger partial charge on any atom is -0.361 e. The molecular formula is C18H22N2. The van der Waals surface area contributed by atoms with Gasteiger partial charge in [-0.25, -0.2) is 0 Å². The SMILES string of the molecule is NC1C2CC3CC1CC(c1c[nH]c4ccccc14)(C3)C2. The largest absolute Gasteiger partial charge is 0.361 e. The fourth-order valence-electron chi connectivity index (χ4n) is 5.90. The second-order valence-electron chi connectivity index (χ2n) is 7.58. The van der Waals surface area contributed by atoms with Crippen molar-refractivity contribution >= 4 is 10.9 Å². The molecule has 6 rings (SSSR count). The molecule has 1 aromatic carbocycles. The Morgan fingerprint density at radius 1 is 1.05 bits per heavy atom. The van der Waals surface area contributed by atoms with Gasteiger partial charge in [0.2, 0.25) is 0 Å². The molecule has 0 spiro atoms. The Bertz CT molecular complexity index is 655. The van der Waals surface area contributed by atoms with E-state index in [1.807, 2.05) is 0 Å². The van der Waals surface area contributed by atoms with E-state index in [9.17, 15) is 0 Å². The molecule has 4 aliphatic carbocycles. The Labute approximate surface area is 119 Å². The average Bonchev–Trinajstić information content (AvgIpc) is 2.88. The van der Waals surface area contributed by atoms with Gasteiger partial charge in [0.25, 0.3) is 0 Å². The van der Waals surface area contributed by atoms with Crippen molar-refractivity contribution in [2.24, 2.45) is 23.5 Å². The second kappa shape index (κ2) is 3.67. The number of rotatable bonds is 1. The van der Waals surface area contributed by atoms with Crippen molar-refractivity contribution in [2.75, 3.05) is 0 Å². The molecule has 1 aromatic heterocycles. The highest BCUT2D eigenvalue weighted by molar-refractivity contribution is 5.84. The molecule has 2 atom stereocenters. The van der Waals surface area contributed by atoms with Crippen molar-refractivity contribution in [2.45, 2.75) is 43.6 Å². The van der Waals surface area contributed by atoms with Gasteiger partial charge in [-0.05, 0) is 66.9 Å². The van der Waals surface area contributed by atoms with Gasteiger partial charge in [0.1, 0.15) is 0 Å². The molecule has 4 bridgehead atoms. The molecule has 0 radical (unpaired) electrons. The van der Waals surface area contributed by atoms with Crippen molar-refractivity contribution < 1.29 is 0 Å². The number of H-pyrrole nitrogens is 1. The smallest absolute Gasteiger partial charge is 0.0457 e. The zero-order chi connectivity index (χ0) is 13.3. The minimum absolute atomic E-state index is 0.423. The summed E-state index contributed by atoms with van der Waals surface area (Å²) in [4.78, 5) is 3.49. The lowest BCUT2D eigenvalue weighted by Crippen LogP contribution is -2.58. The van der Waals surface area contributed by atoms with Crippen LogP contribution < -0.4 is 5.73 Å². The molecule has 2 nitrogen and oxygen atoms in total. The number of aromatic nitrogens is 1. The zero-order valence-corrected chi connectivity index (χ0v) is 11.8. The number of para-hydroxylation sites is 1. The minimum atomic E-state index is 0.423. The maximum Gasteiger partial charge on any atom is 0.0457 e. The van der Waals surface area contributed by atoms with Crippen LogP contribution in [0.15, 0.2) is 30.5 Å².